The molecule has 0 radical (unpaired) electrons. The molecule has 1 aromatic rings. The van der Waals surface area contributed by atoms with E-state index in [4.69, 9.17) is 4.74 Å². The van der Waals surface area contributed by atoms with Crippen molar-refractivity contribution in [3.63, 3.8) is 0 Å². The third-order valence-corrected chi connectivity index (χ3v) is 4.13. The summed E-state index contributed by atoms with van der Waals surface area (Å²) in [6, 6.07) is 0.982. The third kappa shape index (κ3) is 3.27. The molecule has 1 atom stereocenters. The Kier molecular flexibility index (Phi) is 4.26. The second-order valence-corrected chi connectivity index (χ2v) is 6.16. The molecule has 0 bridgehead atoms. The first kappa shape index (κ1) is 14.5. The van der Waals surface area contributed by atoms with E-state index < -0.39 is 0 Å². The van der Waals surface area contributed by atoms with Gasteiger partial charge in [-0.2, -0.15) is 0 Å². The highest BCUT2D eigenvalue weighted by Gasteiger charge is 2.29. The van der Waals surface area contributed by atoms with E-state index in [1.165, 1.54) is 12.8 Å². The monoisotopic (exact) mass is 292 g/mol. The molecular weight excluding hydrogens is 268 g/mol. The zero-order chi connectivity index (χ0) is 14.8. The summed E-state index contributed by atoms with van der Waals surface area (Å²) in [5, 5.41) is 3.52. The highest BCUT2D eigenvalue weighted by molar-refractivity contribution is 5.38. The van der Waals surface area contributed by atoms with E-state index in [0.29, 0.717) is 25.1 Å². The number of ether oxygens (including phenoxy) is 1. The van der Waals surface area contributed by atoms with E-state index in [2.05, 4.69) is 15.2 Å². The molecule has 116 valence electrons. The fourth-order valence-electron chi connectivity index (χ4n) is 2.71. The van der Waals surface area contributed by atoms with Gasteiger partial charge in [0.2, 0.25) is 0 Å². The van der Waals surface area contributed by atoms with Crippen LogP contribution >= 0.6 is 0 Å². The number of nitrogens with zero attached hydrogens (tertiary/aromatic N) is 3. The molecule has 1 N–H and O–H groups in total. The SMILES string of the molecule is CC(C)n1ccnc(N2CCOCC2CNC2CC2)c1=O. The van der Waals surface area contributed by atoms with Gasteiger partial charge in [0, 0.05) is 37.6 Å². The zero-order valence-electron chi connectivity index (χ0n) is 12.8. The van der Waals surface area contributed by atoms with Crippen molar-refractivity contribution >= 4 is 5.82 Å². The van der Waals surface area contributed by atoms with Crippen molar-refractivity contribution in [2.24, 2.45) is 0 Å². The smallest absolute Gasteiger partial charge is 0.293 e. The Bertz CT molecular complexity index is 539. The molecule has 3 rings (SSSR count). The van der Waals surface area contributed by atoms with Crippen LogP contribution in [0.3, 0.4) is 0 Å². The summed E-state index contributed by atoms with van der Waals surface area (Å²) in [6.07, 6.45) is 6.00. The molecule has 6 nitrogen and oxygen atoms in total. The highest BCUT2D eigenvalue weighted by Crippen LogP contribution is 2.20. The maximum Gasteiger partial charge on any atom is 0.293 e. The lowest BCUT2D eigenvalue weighted by molar-refractivity contribution is 0.0930. The Morgan fingerprint density at radius 2 is 2.29 bits per heavy atom. The lowest BCUT2D eigenvalue weighted by atomic mass is 10.2. The van der Waals surface area contributed by atoms with E-state index in [0.717, 1.165) is 13.1 Å². The zero-order valence-corrected chi connectivity index (χ0v) is 12.8. The molecule has 1 saturated carbocycles. The molecule has 21 heavy (non-hydrogen) atoms. The number of hydrogen-bond donors (Lipinski definition) is 1. The second-order valence-electron chi connectivity index (χ2n) is 6.16. The van der Waals surface area contributed by atoms with Crippen LogP contribution in [0.1, 0.15) is 32.7 Å². The van der Waals surface area contributed by atoms with E-state index >= 15 is 0 Å². The first-order valence-corrected chi connectivity index (χ1v) is 7.81. The number of hydrogen-bond acceptors (Lipinski definition) is 5. The standard InChI is InChI=1S/C15H24N4O2/c1-11(2)18-6-5-16-14(15(18)20)19-7-8-21-10-13(19)9-17-12-3-4-12/h5-6,11-13,17H,3-4,7-10H2,1-2H3. The molecule has 1 aromatic heterocycles. The van der Waals surface area contributed by atoms with Gasteiger partial charge in [-0.25, -0.2) is 4.98 Å². The van der Waals surface area contributed by atoms with Gasteiger partial charge in [0.15, 0.2) is 5.82 Å². The Balaban J connectivity index is 1.81. The normalized spacial score (nSPS) is 22.8. The van der Waals surface area contributed by atoms with Crippen LogP contribution in [-0.4, -0.2) is 47.9 Å². The number of rotatable bonds is 5. The molecule has 2 heterocycles. The van der Waals surface area contributed by atoms with Crippen LogP contribution in [-0.2, 0) is 4.74 Å². The van der Waals surface area contributed by atoms with Crippen LogP contribution in [0.15, 0.2) is 17.2 Å². The van der Waals surface area contributed by atoms with Crippen molar-refractivity contribution in [2.45, 2.75) is 44.8 Å². The number of aromatic nitrogens is 2. The Morgan fingerprint density at radius 1 is 1.48 bits per heavy atom. The van der Waals surface area contributed by atoms with Crippen molar-refractivity contribution < 1.29 is 4.74 Å². The molecule has 2 aliphatic rings. The molecule has 2 fully saturated rings. The lowest BCUT2D eigenvalue weighted by Crippen LogP contribution is -2.53. The highest BCUT2D eigenvalue weighted by atomic mass is 16.5. The van der Waals surface area contributed by atoms with E-state index in [1.807, 2.05) is 13.8 Å². The van der Waals surface area contributed by atoms with Gasteiger partial charge in [-0.1, -0.05) is 0 Å². The lowest BCUT2D eigenvalue weighted by Gasteiger charge is -2.36. The molecule has 0 amide bonds. The minimum atomic E-state index is -0.00850. The van der Waals surface area contributed by atoms with Crippen LogP contribution in [0.4, 0.5) is 5.82 Å². The van der Waals surface area contributed by atoms with Crippen molar-refractivity contribution in [1.82, 2.24) is 14.9 Å². The van der Waals surface area contributed by atoms with Gasteiger partial charge in [0.05, 0.1) is 19.3 Å². The fraction of sp³-hybridized carbons (Fsp3) is 0.733. The topological polar surface area (TPSA) is 59.4 Å². The average Bonchev–Trinajstić information content (AvgIpc) is 3.30. The summed E-state index contributed by atoms with van der Waals surface area (Å²) in [4.78, 5) is 19.1. The van der Waals surface area contributed by atoms with Gasteiger partial charge in [0.25, 0.3) is 5.56 Å². The maximum absolute atomic E-state index is 12.6. The summed E-state index contributed by atoms with van der Waals surface area (Å²) < 4.78 is 7.33. The summed E-state index contributed by atoms with van der Waals surface area (Å²) in [5.74, 6) is 0.553. The molecule has 1 aliphatic heterocycles. The van der Waals surface area contributed by atoms with Gasteiger partial charge in [0.1, 0.15) is 0 Å². The van der Waals surface area contributed by atoms with Crippen LogP contribution in [0, 0.1) is 0 Å². The van der Waals surface area contributed by atoms with Crippen LogP contribution in [0.2, 0.25) is 0 Å². The summed E-state index contributed by atoms with van der Waals surface area (Å²) in [6.45, 7) is 6.89. The second kappa shape index (κ2) is 6.15. The van der Waals surface area contributed by atoms with E-state index in [9.17, 15) is 4.79 Å². The number of nitrogens with one attached hydrogen (secondary N) is 1. The predicted molar refractivity (Wildman–Crippen MR) is 81.9 cm³/mol. The van der Waals surface area contributed by atoms with Crippen LogP contribution < -0.4 is 15.8 Å². The van der Waals surface area contributed by atoms with Gasteiger partial charge >= 0.3 is 0 Å². The van der Waals surface area contributed by atoms with Crippen molar-refractivity contribution in [1.29, 1.82) is 0 Å². The maximum atomic E-state index is 12.6. The Labute approximate surface area is 125 Å². The number of morpholine rings is 1. The summed E-state index contributed by atoms with van der Waals surface area (Å²) in [5.41, 5.74) is -0.00850. The third-order valence-electron chi connectivity index (χ3n) is 4.13. The predicted octanol–water partition coefficient (Wildman–Crippen LogP) is 0.781. The van der Waals surface area contributed by atoms with Gasteiger partial charge in [-0.3, -0.25) is 4.79 Å². The van der Waals surface area contributed by atoms with E-state index in [1.54, 1.807) is 17.0 Å². The molecule has 0 spiro atoms. The first-order chi connectivity index (χ1) is 10.2. The summed E-state index contributed by atoms with van der Waals surface area (Å²) >= 11 is 0. The van der Waals surface area contributed by atoms with Crippen molar-refractivity contribution in [2.75, 3.05) is 31.2 Å². The molecule has 1 saturated heterocycles. The van der Waals surface area contributed by atoms with Gasteiger partial charge < -0.3 is 19.5 Å². The van der Waals surface area contributed by atoms with Crippen LogP contribution in [0.5, 0.6) is 0 Å². The first-order valence-electron chi connectivity index (χ1n) is 7.81. The molecule has 1 unspecified atom stereocenters. The van der Waals surface area contributed by atoms with E-state index in [-0.39, 0.29) is 17.6 Å². The fourth-order valence-corrected chi connectivity index (χ4v) is 2.71. The molecule has 0 aromatic carbocycles. The Morgan fingerprint density at radius 3 is 3.00 bits per heavy atom. The minimum absolute atomic E-state index is 0.00850. The van der Waals surface area contributed by atoms with Gasteiger partial charge in [-0.15, -0.1) is 0 Å². The number of anilines is 1. The summed E-state index contributed by atoms with van der Waals surface area (Å²) in [7, 11) is 0. The van der Waals surface area contributed by atoms with Gasteiger partial charge in [-0.05, 0) is 26.7 Å². The average molecular weight is 292 g/mol. The largest absolute Gasteiger partial charge is 0.377 e. The minimum Gasteiger partial charge on any atom is -0.377 e. The molecule has 1 aliphatic carbocycles. The van der Waals surface area contributed by atoms with Crippen LogP contribution in [0.25, 0.3) is 0 Å². The molecule has 6 heteroatoms. The van der Waals surface area contributed by atoms with Crippen molar-refractivity contribution in [3.05, 3.63) is 22.7 Å². The molecular formula is C15H24N4O2. The van der Waals surface area contributed by atoms with Crippen molar-refractivity contribution in [3.8, 4) is 0 Å². The Hall–Kier alpha value is -1.40. The quantitative estimate of drug-likeness (QED) is 0.869.